The van der Waals surface area contributed by atoms with Gasteiger partial charge in [-0.2, -0.15) is 0 Å². The molecule has 0 fully saturated rings. The zero-order valence-corrected chi connectivity index (χ0v) is 11.6. The third-order valence-corrected chi connectivity index (χ3v) is 2.58. The van der Waals surface area contributed by atoms with Gasteiger partial charge in [-0.05, 0) is 18.6 Å². The predicted molar refractivity (Wildman–Crippen MR) is 76.6 cm³/mol. The van der Waals surface area contributed by atoms with E-state index in [0.29, 0.717) is 6.61 Å². The Bertz CT molecular complexity index is 329. The van der Waals surface area contributed by atoms with Crippen molar-refractivity contribution in [1.29, 1.82) is 0 Å². The highest BCUT2D eigenvalue weighted by Crippen LogP contribution is 2.22. The summed E-state index contributed by atoms with van der Waals surface area (Å²) in [6.45, 7) is 3.05. The molecule has 102 valence electrons. The molecule has 0 aliphatic rings. The van der Waals surface area contributed by atoms with Crippen LogP contribution in [0.5, 0.6) is 0 Å². The van der Waals surface area contributed by atoms with E-state index in [9.17, 15) is 0 Å². The van der Waals surface area contributed by atoms with Gasteiger partial charge in [-0.1, -0.05) is 12.1 Å². The van der Waals surface area contributed by atoms with Crippen LogP contribution in [-0.4, -0.2) is 47.6 Å². The van der Waals surface area contributed by atoms with E-state index in [-0.39, 0.29) is 0 Å². The van der Waals surface area contributed by atoms with Gasteiger partial charge in [0, 0.05) is 41.0 Å². The number of benzene rings is 1. The maximum Gasteiger partial charge on any atom is 0.0639 e. The number of ether oxygens (including phenoxy) is 2. The second-order valence-electron chi connectivity index (χ2n) is 4.30. The lowest BCUT2D eigenvalue weighted by atomic mass is 10.2. The Balaban J connectivity index is 2.23. The third kappa shape index (κ3) is 5.38. The average Bonchev–Trinajstić information content (AvgIpc) is 2.38. The summed E-state index contributed by atoms with van der Waals surface area (Å²) in [5, 5.41) is 3.39. The molecule has 18 heavy (non-hydrogen) atoms. The third-order valence-electron chi connectivity index (χ3n) is 2.58. The molecule has 1 rings (SSSR count). The Hall–Kier alpha value is -1.26. The number of hydrogen-bond donors (Lipinski definition) is 1. The lowest BCUT2D eigenvalue weighted by Gasteiger charge is -2.18. The molecule has 0 unspecified atom stereocenters. The van der Waals surface area contributed by atoms with Crippen molar-refractivity contribution in [2.75, 3.05) is 57.8 Å². The number of nitrogens with zero attached hydrogens (tertiary/aromatic N) is 1. The Morgan fingerprint density at radius 2 is 1.89 bits per heavy atom. The molecule has 1 aromatic rings. The minimum atomic E-state index is 0.714. The van der Waals surface area contributed by atoms with Crippen molar-refractivity contribution in [3.63, 3.8) is 0 Å². The van der Waals surface area contributed by atoms with Gasteiger partial charge in [0.25, 0.3) is 0 Å². The Morgan fingerprint density at radius 1 is 1.11 bits per heavy atom. The van der Waals surface area contributed by atoms with E-state index < -0.39 is 0 Å². The van der Waals surface area contributed by atoms with Crippen LogP contribution >= 0.6 is 0 Å². The van der Waals surface area contributed by atoms with Crippen molar-refractivity contribution in [2.45, 2.75) is 6.42 Å². The Labute approximate surface area is 110 Å². The zero-order valence-electron chi connectivity index (χ0n) is 11.6. The molecular weight excluding hydrogens is 228 g/mol. The Kier molecular flexibility index (Phi) is 7.22. The first-order valence-electron chi connectivity index (χ1n) is 6.32. The van der Waals surface area contributed by atoms with Crippen molar-refractivity contribution < 1.29 is 9.47 Å². The lowest BCUT2D eigenvalue weighted by Crippen LogP contribution is -2.15. The molecule has 0 heterocycles. The molecule has 0 saturated heterocycles. The second-order valence-corrected chi connectivity index (χ2v) is 4.30. The molecule has 1 N–H and O–H groups in total. The molecule has 0 saturated carbocycles. The second kappa shape index (κ2) is 8.78. The maximum atomic E-state index is 5.50. The normalized spacial score (nSPS) is 10.4. The van der Waals surface area contributed by atoms with Crippen LogP contribution in [0.4, 0.5) is 11.4 Å². The van der Waals surface area contributed by atoms with Gasteiger partial charge in [0.1, 0.15) is 0 Å². The highest BCUT2D eigenvalue weighted by Gasteiger charge is 2.01. The number of hydrogen-bond acceptors (Lipinski definition) is 4. The van der Waals surface area contributed by atoms with Crippen molar-refractivity contribution in [3.05, 3.63) is 24.3 Å². The SMILES string of the molecule is COCCCOCCNc1ccccc1N(C)C. The fraction of sp³-hybridized carbons (Fsp3) is 0.571. The largest absolute Gasteiger partial charge is 0.385 e. The zero-order chi connectivity index (χ0) is 13.2. The van der Waals surface area contributed by atoms with Gasteiger partial charge in [0.05, 0.1) is 18.0 Å². The Morgan fingerprint density at radius 3 is 2.61 bits per heavy atom. The van der Waals surface area contributed by atoms with Gasteiger partial charge >= 0.3 is 0 Å². The summed E-state index contributed by atoms with van der Waals surface area (Å²) in [5.74, 6) is 0. The summed E-state index contributed by atoms with van der Waals surface area (Å²) in [6.07, 6.45) is 0.949. The number of para-hydroxylation sites is 2. The molecule has 0 atom stereocenters. The first kappa shape index (κ1) is 14.8. The maximum absolute atomic E-state index is 5.50. The van der Waals surface area contributed by atoms with Crippen LogP contribution in [-0.2, 0) is 9.47 Å². The molecule has 4 heteroatoms. The van der Waals surface area contributed by atoms with Gasteiger partial charge in [0.15, 0.2) is 0 Å². The highest BCUT2D eigenvalue weighted by atomic mass is 16.5. The van der Waals surface area contributed by atoms with Gasteiger partial charge < -0.3 is 19.7 Å². The van der Waals surface area contributed by atoms with Crippen LogP contribution in [0.1, 0.15) is 6.42 Å². The number of rotatable bonds is 9. The van der Waals surface area contributed by atoms with E-state index in [1.54, 1.807) is 7.11 Å². The topological polar surface area (TPSA) is 33.7 Å². The minimum Gasteiger partial charge on any atom is -0.385 e. The quantitative estimate of drug-likeness (QED) is 0.683. The van der Waals surface area contributed by atoms with Crippen LogP contribution < -0.4 is 10.2 Å². The van der Waals surface area contributed by atoms with E-state index >= 15 is 0 Å². The van der Waals surface area contributed by atoms with E-state index in [0.717, 1.165) is 31.9 Å². The number of nitrogens with one attached hydrogen (secondary N) is 1. The first-order valence-corrected chi connectivity index (χ1v) is 6.32. The summed E-state index contributed by atoms with van der Waals surface area (Å²) < 4.78 is 10.5. The highest BCUT2D eigenvalue weighted by molar-refractivity contribution is 5.69. The summed E-state index contributed by atoms with van der Waals surface area (Å²) >= 11 is 0. The minimum absolute atomic E-state index is 0.714. The molecule has 0 aliphatic carbocycles. The summed E-state index contributed by atoms with van der Waals surface area (Å²) in [6, 6.07) is 8.26. The van der Waals surface area contributed by atoms with Gasteiger partial charge in [-0.15, -0.1) is 0 Å². The molecular formula is C14H24N2O2. The van der Waals surface area contributed by atoms with Crippen molar-refractivity contribution in [2.24, 2.45) is 0 Å². The average molecular weight is 252 g/mol. The van der Waals surface area contributed by atoms with Gasteiger partial charge in [0.2, 0.25) is 0 Å². The van der Waals surface area contributed by atoms with E-state index in [2.05, 4.69) is 22.3 Å². The van der Waals surface area contributed by atoms with Gasteiger partial charge in [-0.25, -0.2) is 0 Å². The molecule has 1 aromatic carbocycles. The monoisotopic (exact) mass is 252 g/mol. The van der Waals surface area contributed by atoms with Crippen molar-refractivity contribution in [3.8, 4) is 0 Å². The van der Waals surface area contributed by atoms with E-state index in [1.807, 2.05) is 26.2 Å². The summed E-state index contributed by atoms with van der Waals surface area (Å²) in [7, 11) is 5.79. The molecule has 4 nitrogen and oxygen atoms in total. The van der Waals surface area contributed by atoms with Crippen LogP contribution in [0, 0.1) is 0 Å². The van der Waals surface area contributed by atoms with Crippen molar-refractivity contribution in [1.82, 2.24) is 0 Å². The van der Waals surface area contributed by atoms with Crippen LogP contribution in [0.3, 0.4) is 0 Å². The van der Waals surface area contributed by atoms with Gasteiger partial charge in [-0.3, -0.25) is 0 Å². The molecule has 0 spiro atoms. The molecule has 0 bridgehead atoms. The number of anilines is 2. The first-order chi connectivity index (χ1) is 8.75. The summed E-state index contributed by atoms with van der Waals surface area (Å²) in [4.78, 5) is 2.10. The van der Waals surface area contributed by atoms with Crippen LogP contribution in [0.25, 0.3) is 0 Å². The number of methoxy groups -OCH3 is 1. The fourth-order valence-electron chi connectivity index (χ4n) is 1.68. The predicted octanol–water partition coefficient (Wildman–Crippen LogP) is 2.22. The molecule has 0 radical (unpaired) electrons. The van der Waals surface area contributed by atoms with E-state index in [4.69, 9.17) is 9.47 Å². The summed E-state index contributed by atoms with van der Waals surface area (Å²) in [5.41, 5.74) is 2.33. The smallest absolute Gasteiger partial charge is 0.0639 e. The lowest BCUT2D eigenvalue weighted by molar-refractivity contribution is 0.109. The van der Waals surface area contributed by atoms with Crippen LogP contribution in [0.15, 0.2) is 24.3 Å². The van der Waals surface area contributed by atoms with E-state index in [1.165, 1.54) is 5.69 Å². The van der Waals surface area contributed by atoms with Crippen LogP contribution in [0.2, 0.25) is 0 Å². The standard InChI is InChI=1S/C14H24N2O2/c1-16(2)14-8-5-4-7-13(14)15-9-12-18-11-6-10-17-3/h4-5,7-8,15H,6,9-12H2,1-3H3. The molecule has 0 aromatic heterocycles. The molecule has 0 aliphatic heterocycles. The fourth-order valence-corrected chi connectivity index (χ4v) is 1.68. The molecule has 0 amide bonds. The van der Waals surface area contributed by atoms with Crippen molar-refractivity contribution >= 4 is 11.4 Å².